The predicted molar refractivity (Wildman–Crippen MR) is 81.7 cm³/mol. The smallest absolute Gasteiger partial charge is 0.161 e. The normalized spacial score (nSPS) is 14.3. The van der Waals surface area contributed by atoms with E-state index < -0.39 is 0 Å². The van der Waals surface area contributed by atoms with E-state index in [2.05, 4.69) is 62.4 Å². The van der Waals surface area contributed by atoms with Gasteiger partial charge in [-0.05, 0) is 30.2 Å². The summed E-state index contributed by atoms with van der Waals surface area (Å²) in [6.45, 7) is 5.19. The molecule has 98 valence electrons. The highest BCUT2D eigenvalue weighted by atomic mass is 32.2. The van der Waals surface area contributed by atoms with E-state index in [1.165, 1.54) is 19.6 Å². The average molecular weight is 289 g/mol. The Hall–Kier alpha value is -0.900. The minimum atomic E-state index is -0.236. The first-order valence-electron chi connectivity index (χ1n) is 6.49. The largest absolute Gasteiger partial charge is 0.225 e. The highest BCUT2D eigenvalue weighted by Gasteiger charge is 2.38. The maximum absolute atomic E-state index is 6.21. The molecule has 0 saturated heterocycles. The fourth-order valence-corrected chi connectivity index (χ4v) is 5.32. The van der Waals surface area contributed by atoms with Crippen molar-refractivity contribution in [1.82, 2.24) is 0 Å². The van der Waals surface area contributed by atoms with Crippen molar-refractivity contribution in [3.05, 3.63) is 48.5 Å². The van der Waals surface area contributed by atoms with Gasteiger partial charge in [0.2, 0.25) is 21.0 Å². The molecule has 1 aliphatic rings. The average Bonchev–Trinajstić information content (AvgIpc) is 2.43. The molecular formula is C16H17OS2+. The van der Waals surface area contributed by atoms with Gasteiger partial charge in [0, 0.05) is 0 Å². The molecule has 1 nitrogen and oxygen atoms in total. The molecule has 0 N–H and O–H groups in total. The van der Waals surface area contributed by atoms with Gasteiger partial charge in [0.1, 0.15) is 6.61 Å². The lowest BCUT2D eigenvalue weighted by atomic mass is 10.2. The summed E-state index contributed by atoms with van der Waals surface area (Å²) >= 11 is 1.61. The molecule has 0 amide bonds. The molecule has 0 radical (unpaired) electrons. The van der Waals surface area contributed by atoms with Crippen LogP contribution in [0.1, 0.15) is 13.8 Å². The van der Waals surface area contributed by atoms with Gasteiger partial charge in [-0.15, -0.1) is 0 Å². The first-order valence-corrected chi connectivity index (χ1v) is 8.46. The molecule has 1 heterocycles. The summed E-state index contributed by atoms with van der Waals surface area (Å²) in [4.78, 5) is 5.31. The third-order valence-electron chi connectivity index (χ3n) is 2.84. The van der Waals surface area contributed by atoms with Crippen LogP contribution in [0.3, 0.4) is 0 Å². The van der Waals surface area contributed by atoms with Crippen LogP contribution >= 0.6 is 11.8 Å². The van der Waals surface area contributed by atoms with Crippen molar-refractivity contribution in [2.45, 2.75) is 33.4 Å². The topological polar surface area (TPSA) is 9.23 Å². The third kappa shape index (κ3) is 2.69. The Morgan fingerprint density at radius 1 is 0.947 bits per heavy atom. The van der Waals surface area contributed by atoms with Crippen molar-refractivity contribution in [2.24, 2.45) is 5.92 Å². The Kier molecular flexibility index (Phi) is 3.87. The first kappa shape index (κ1) is 13.1. The van der Waals surface area contributed by atoms with E-state index in [1.54, 1.807) is 0 Å². The lowest BCUT2D eigenvalue weighted by Gasteiger charge is -2.17. The van der Waals surface area contributed by atoms with Gasteiger partial charge in [-0.25, -0.2) is 0 Å². The molecule has 3 rings (SSSR count). The van der Waals surface area contributed by atoms with Crippen LogP contribution in [0.25, 0.3) is 0 Å². The standard InChI is InChI=1S/C16H17OS2/c1-12(2)11-17-19-15-9-5-3-7-13(15)18-14-8-4-6-10-16(14)19/h3-10,12H,11H2,1-2H3/q+1. The van der Waals surface area contributed by atoms with E-state index in [4.69, 9.17) is 4.18 Å². The quantitative estimate of drug-likeness (QED) is 0.752. The van der Waals surface area contributed by atoms with Gasteiger partial charge in [0.25, 0.3) is 0 Å². The number of hydrogen-bond acceptors (Lipinski definition) is 2. The third-order valence-corrected chi connectivity index (χ3v) is 6.13. The molecule has 19 heavy (non-hydrogen) atoms. The predicted octanol–water partition coefficient (Wildman–Crippen LogP) is 4.78. The fourth-order valence-electron chi connectivity index (χ4n) is 1.94. The van der Waals surface area contributed by atoms with Gasteiger partial charge in [-0.1, -0.05) is 49.9 Å². The summed E-state index contributed by atoms with van der Waals surface area (Å²) in [6.07, 6.45) is 0. The maximum atomic E-state index is 6.21. The van der Waals surface area contributed by atoms with Gasteiger partial charge in [0.15, 0.2) is 0 Å². The van der Waals surface area contributed by atoms with E-state index in [9.17, 15) is 0 Å². The number of fused-ring (bicyclic) bond motifs is 2. The lowest BCUT2D eigenvalue weighted by molar-refractivity contribution is 0.304. The number of benzene rings is 2. The zero-order chi connectivity index (χ0) is 13.2. The summed E-state index contributed by atoms with van der Waals surface area (Å²) in [5.74, 6) is 0.557. The second-order valence-electron chi connectivity index (χ2n) is 4.94. The van der Waals surface area contributed by atoms with E-state index >= 15 is 0 Å². The molecule has 0 bridgehead atoms. The van der Waals surface area contributed by atoms with E-state index in [-0.39, 0.29) is 11.2 Å². The minimum Gasteiger partial charge on any atom is -0.161 e. The minimum absolute atomic E-state index is 0.236. The Morgan fingerprint density at radius 3 is 2.00 bits per heavy atom. The van der Waals surface area contributed by atoms with E-state index in [0.29, 0.717) is 5.92 Å². The summed E-state index contributed by atoms with van der Waals surface area (Å²) < 4.78 is 6.21. The van der Waals surface area contributed by atoms with Crippen LogP contribution in [0, 0.1) is 5.92 Å². The summed E-state index contributed by atoms with van der Waals surface area (Å²) in [7, 11) is 0. The van der Waals surface area contributed by atoms with Crippen LogP contribution in [0.2, 0.25) is 0 Å². The van der Waals surface area contributed by atoms with Crippen molar-refractivity contribution in [2.75, 3.05) is 6.61 Å². The van der Waals surface area contributed by atoms with Crippen molar-refractivity contribution < 1.29 is 4.18 Å². The van der Waals surface area contributed by atoms with Gasteiger partial charge in [0.05, 0.1) is 9.79 Å². The lowest BCUT2D eigenvalue weighted by Crippen LogP contribution is -2.16. The number of rotatable bonds is 3. The highest BCUT2D eigenvalue weighted by Crippen LogP contribution is 2.45. The van der Waals surface area contributed by atoms with Gasteiger partial charge < -0.3 is 0 Å². The number of hydrogen-bond donors (Lipinski definition) is 0. The molecule has 0 aromatic heterocycles. The molecule has 2 aromatic carbocycles. The van der Waals surface area contributed by atoms with Crippen LogP contribution in [-0.4, -0.2) is 6.61 Å². The van der Waals surface area contributed by atoms with E-state index in [1.807, 2.05) is 11.8 Å². The Bertz CT molecular complexity index is 535. The molecule has 0 atom stereocenters. The van der Waals surface area contributed by atoms with Gasteiger partial charge in [-0.3, -0.25) is 0 Å². The van der Waals surface area contributed by atoms with Crippen molar-refractivity contribution in [3.63, 3.8) is 0 Å². The SMILES string of the molecule is CC(C)CO[S+]1c2ccccc2Sc2ccccc21. The van der Waals surface area contributed by atoms with Crippen molar-refractivity contribution in [1.29, 1.82) is 0 Å². The summed E-state index contributed by atoms with van der Waals surface area (Å²) in [5.41, 5.74) is 0. The van der Waals surface area contributed by atoms with Crippen LogP contribution in [-0.2, 0) is 15.4 Å². The van der Waals surface area contributed by atoms with Gasteiger partial charge >= 0.3 is 0 Å². The summed E-state index contributed by atoms with van der Waals surface area (Å²) in [5, 5.41) is 0. The molecule has 0 saturated carbocycles. The molecule has 2 aromatic rings. The second kappa shape index (κ2) is 5.61. The molecule has 3 heteroatoms. The van der Waals surface area contributed by atoms with Crippen LogP contribution < -0.4 is 0 Å². The zero-order valence-electron chi connectivity index (χ0n) is 11.1. The monoisotopic (exact) mass is 289 g/mol. The fraction of sp³-hybridized carbons (Fsp3) is 0.250. The molecule has 1 aliphatic heterocycles. The van der Waals surface area contributed by atoms with Crippen LogP contribution in [0.15, 0.2) is 68.1 Å². The molecular weight excluding hydrogens is 272 g/mol. The maximum Gasteiger partial charge on any atom is 0.225 e. The second-order valence-corrected chi connectivity index (χ2v) is 7.68. The van der Waals surface area contributed by atoms with Crippen molar-refractivity contribution in [3.8, 4) is 0 Å². The molecule has 0 fully saturated rings. The zero-order valence-corrected chi connectivity index (χ0v) is 12.8. The van der Waals surface area contributed by atoms with Crippen LogP contribution in [0.4, 0.5) is 0 Å². The van der Waals surface area contributed by atoms with Crippen molar-refractivity contribution >= 4 is 22.9 Å². The summed E-state index contributed by atoms with van der Waals surface area (Å²) in [6, 6.07) is 17.2. The Balaban J connectivity index is 2.01. The Morgan fingerprint density at radius 2 is 1.47 bits per heavy atom. The Labute approximate surface area is 121 Å². The molecule has 0 aliphatic carbocycles. The van der Waals surface area contributed by atoms with E-state index in [0.717, 1.165) is 6.61 Å². The molecule has 0 unspecified atom stereocenters. The molecule has 0 spiro atoms. The van der Waals surface area contributed by atoms with Gasteiger partial charge in [-0.2, -0.15) is 4.18 Å². The first-order chi connectivity index (χ1) is 9.25. The van der Waals surface area contributed by atoms with Crippen LogP contribution in [0.5, 0.6) is 0 Å². The highest BCUT2D eigenvalue weighted by molar-refractivity contribution is 8.02.